The van der Waals surface area contributed by atoms with Crippen molar-refractivity contribution in [2.24, 2.45) is 5.92 Å². The van der Waals surface area contributed by atoms with Crippen LogP contribution in [0.4, 0.5) is 0 Å². The molecule has 0 radical (unpaired) electrons. The van der Waals surface area contributed by atoms with Crippen LogP contribution in [0.5, 0.6) is 0 Å². The van der Waals surface area contributed by atoms with E-state index < -0.39 is 0 Å². The first-order valence-electron chi connectivity index (χ1n) is 7.86. The van der Waals surface area contributed by atoms with Gasteiger partial charge in [0, 0.05) is 18.5 Å². The number of aromatic nitrogens is 4. The van der Waals surface area contributed by atoms with Gasteiger partial charge in [-0.25, -0.2) is 0 Å². The molecular weight excluding hydrogens is 294 g/mol. The molecule has 1 unspecified atom stereocenters. The van der Waals surface area contributed by atoms with Crippen LogP contribution < -0.4 is 0 Å². The summed E-state index contributed by atoms with van der Waals surface area (Å²) < 4.78 is 5.84. The van der Waals surface area contributed by atoms with Crippen LogP contribution in [0.1, 0.15) is 31.9 Å². The summed E-state index contributed by atoms with van der Waals surface area (Å²) >= 11 is 0. The Hall–Kier alpha value is -2.28. The van der Waals surface area contributed by atoms with Gasteiger partial charge >= 0.3 is 0 Å². The third-order valence-corrected chi connectivity index (χ3v) is 3.89. The standard InChI is InChI=1S/C16H21N5O2/c1-11(2)9-15(22)21-7-8-23-14(10-21)12-3-5-13(6-4-12)16-17-19-20-18-16/h3-6,11,14H,7-10H2,1-2H3,(H,17,18,19,20). The summed E-state index contributed by atoms with van der Waals surface area (Å²) in [4.78, 5) is 14.1. The van der Waals surface area contributed by atoms with Gasteiger partial charge < -0.3 is 9.64 Å². The molecule has 1 fully saturated rings. The maximum atomic E-state index is 12.2. The molecule has 2 heterocycles. The Morgan fingerprint density at radius 3 is 2.83 bits per heavy atom. The number of carbonyl (C=O) groups excluding carboxylic acids is 1. The summed E-state index contributed by atoms with van der Waals surface area (Å²) in [5.74, 6) is 1.14. The quantitative estimate of drug-likeness (QED) is 0.930. The van der Waals surface area contributed by atoms with Crippen LogP contribution in [-0.4, -0.2) is 51.1 Å². The highest BCUT2D eigenvalue weighted by Crippen LogP contribution is 2.25. The summed E-state index contributed by atoms with van der Waals surface area (Å²) in [5.41, 5.74) is 1.95. The van der Waals surface area contributed by atoms with E-state index in [1.165, 1.54) is 0 Å². The molecule has 1 atom stereocenters. The molecule has 1 amide bonds. The highest BCUT2D eigenvalue weighted by molar-refractivity contribution is 5.76. The van der Waals surface area contributed by atoms with Crippen LogP contribution in [0.15, 0.2) is 24.3 Å². The molecule has 1 aromatic heterocycles. The third-order valence-electron chi connectivity index (χ3n) is 3.89. The Morgan fingerprint density at radius 1 is 1.39 bits per heavy atom. The fourth-order valence-corrected chi connectivity index (χ4v) is 2.69. The normalized spacial score (nSPS) is 18.4. The topological polar surface area (TPSA) is 84.0 Å². The van der Waals surface area contributed by atoms with Gasteiger partial charge in [0.15, 0.2) is 0 Å². The molecule has 1 N–H and O–H groups in total. The second-order valence-electron chi connectivity index (χ2n) is 6.15. The van der Waals surface area contributed by atoms with Gasteiger partial charge in [-0.05, 0) is 16.7 Å². The van der Waals surface area contributed by atoms with Crippen LogP contribution in [0, 0.1) is 5.92 Å². The number of hydrogen-bond acceptors (Lipinski definition) is 5. The average molecular weight is 315 g/mol. The second kappa shape index (κ2) is 6.87. The van der Waals surface area contributed by atoms with E-state index in [2.05, 4.69) is 34.5 Å². The van der Waals surface area contributed by atoms with Gasteiger partial charge in [-0.3, -0.25) is 4.79 Å². The Morgan fingerprint density at radius 2 is 2.17 bits per heavy atom. The van der Waals surface area contributed by atoms with Gasteiger partial charge in [0.25, 0.3) is 0 Å². The van der Waals surface area contributed by atoms with Crippen molar-refractivity contribution in [3.63, 3.8) is 0 Å². The number of carbonyl (C=O) groups is 1. The third kappa shape index (κ3) is 3.73. The van der Waals surface area contributed by atoms with Crippen LogP contribution in [0.2, 0.25) is 0 Å². The van der Waals surface area contributed by atoms with Crippen molar-refractivity contribution >= 4 is 5.91 Å². The molecule has 0 bridgehead atoms. The number of rotatable bonds is 4. The largest absolute Gasteiger partial charge is 0.370 e. The van der Waals surface area contributed by atoms with Gasteiger partial charge in [0.1, 0.15) is 6.10 Å². The van der Waals surface area contributed by atoms with E-state index in [1.54, 1.807) is 0 Å². The molecule has 1 saturated heterocycles. The average Bonchev–Trinajstić information content (AvgIpc) is 3.09. The van der Waals surface area contributed by atoms with Crippen LogP contribution in [-0.2, 0) is 9.53 Å². The molecule has 1 aromatic carbocycles. The first kappa shape index (κ1) is 15.6. The van der Waals surface area contributed by atoms with Gasteiger partial charge in [-0.1, -0.05) is 38.1 Å². The minimum absolute atomic E-state index is 0.0841. The number of nitrogens with one attached hydrogen (secondary N) is 1. The number of aromatic amines is 1. The summed E-state index contributed by atoms with van der Waals surface area (Å²) in [7, 11) is 0. The number of nitrogens with zero attached hydrogens (tertiary/aromatic N) is 4. The molecule has 7 heteroatoms. The Labute approximate surface area is 135 Å². The van der Waals surface area contributed by atoms with Crippen molar-refractivity contribution in [3.05, 3.63) is 29.8 Å². The molecule has 7 nitrogen and oxygen atoms in total. The lowest BCUT2D eigenvalue weighted by Crippen LogP contribution is -2.42. The first-order valence-corrected chi connectivity index (χ1v) is 7.86. The lowest BCUT2D eigenvalue weighted by atomic mass is 10.0. The van der Waals surface area contributed by atoms with E-state index in [0.29, 0.717) is 37.9 Å². The van der Waals surface area contributed by atoms with Crippen molar-refractivity contribution < 1.29 is 9.53 Å². The van der Waals surface area contributed by atoms with Crippen molar-refractivity contribution in [1.29, 1.82) is 0 Å². The minimum Gasteiger partial charge on any atom is -0.370 e. The molecule has 2 aromatic rings. The Balaban J connectivity index is 1.68. The number of H-pyrrole nitrogens is 1. The number of ether oxygens (including phenoxy) is 1. The highest BCUT2D eigenvalue weighted by Gasteiger charge is 2.25. The van der Waals surface area contributed by atoms with E-state index in [1.807, 2.05) is 29.2 Å². The number of amides is 1. The maximum absolute atomic E-state index is 12.2. The zero-order valence-electron chi connectivity index (χ0n) is 13.4. The molecule has 0 spiro atoms. The summed E-state index contributed by atoms with van der Waals surface area (Å²) in [5, 5.41) is 13.9. The lowest BCUT2D eigenvalue weighted by Gasteiger charge is -2.33. The predicted octanol–water partition coefficient (Wildman–Crippen LogP) is 1.81. The Bertz CT molecular complexity index is 639. The van der Waals surface area contributed by atoms with E-state index in [4.69, 9.17) is 4.74 Å². The lowest BCUT2D eigenvalue weighted by molar-refractivity contribution is -0.139. The first-order chi connectivity index (χ1) is 11.1. The van der Waals surface area contributed by atoms with E-state index >= 15 is 0 Å². The highest BCUT2D eigenvalue weighted by atomic mass is 16.5. The number of benzene rings is 1. The van der Waals surface area contributed by atoms with Crippen molar-refractivity contribution in [3.8, 4) is 11.4 Å². The van der Waals surface area contributed by atoms with Crippen LogP contribution >= 0.6 is 0 Å². The molecule has 23 heavy (non-hydrogen) atoms. The molecular formula is C16H21N5O2. The van der Waals surface area contributed by atoms with Crippen molar-refractivity contribution in [1.82, 2.24) is 25.5 Å². The van der Waals surface area contributed by atoms with Crippen molar-refractivity contribution in [2.75, 3.05) is 19.7 Å². The summed E-state index contributed by atoms with van der Waals surface area (Å²) in [6, 6.07) is 7.87. The predicted molar refractivity (Wildman–Crippen MR) is 84.3 cm³/mol. The summed E-state index contributed by atoms with van der Waals surface area (Å²) in [6.07, 6.45) is 0.503. The number of morpholine rings is 1. The Kier molecular flexibility index (Phi) is 4.66. The van der Waals surface area contributed by atoms with Gasteiger partial charge in [-0.2, -0.15) is 5.21 Å². The van der Waals surface area contributed by atoms with E-state index in [-0.39, 0.29) is 12.0 Å². The molecule has 1 aliphatic heterocycles. The molecule has 1 aliphatic rings. The maximum Gasteiger partial charge on any atom is 0.223 e. The zero-order valence-corrected chi connectivity index (χ0v) is 13.4. The smallest absolute Gasteiger partial charge is 0.223 e. The fourth-order valence-electron chi connectivity index (χ4n) is 2.69. The fraction of sp³-hybridized carbons (Fsp3) is 0.500. The number of hydrogen-bond donors (Lipinski definition) is 1. The monoisotopic (exact) mass is 315 g/mol. The van der Waals surface area contributed by atoms with Gasteiger partial charge in [-0.15, -0.1) is 10.2 Å². The molecule has 0 aliphatic carbocycles. The minimum atomic E-state index is -0.0841. The summed E-state index contributed by atoms with van der Waals surface area (Å²) in [6.45, 7) is 5.97. The van der Waals surface area contributed by atoms with Gasteiger partial charge in [0.05, 0.1) is 13.2 Å². The van der Waals surface area contributed by atoms with Crippen molar-refractivity contribution in [2.45, 2.75) is 26.4 Å². The van der Waals surface area contributed by atoms with Gasteiger partial charge in [0.2, 0.25) is 11.7 Å². The molecule has 0 saturated carbocycles. The second-order valence-corrected chi connectivity index (χ2v) is 6.15. The number of tetrazole rings is 1. The molecule has 3 rings (SSSR count). The molecule has 122 valence electrons. The van der Waals surface area contributed by atoms with Crippen LogP contribution in [0.25, 0.3) is 11.4 Å². The zero-order chi connectivity index (χ0) is 16.2. The van der Waals surface area contributed by atoms with Crippen LogP contribution in [0.3, 0.4) is 0 Å². The van der Waals surface area contributed by atoms with E-state index in [0.717, 1.165) is 11.1 Å². The van der Waals surface area contributed by atoms with E-state index in [9.17, 15) is 4.79 Å². The SMILES string of the molecule is CC(C)CC(=O)N1CCOC(c2ccc(-c3nn[nH]n3)cc2)C1.